The standard InChI is InChI=1S/C21H21N3O2/c22-13-15-26-20-9-6-17(7-10-20)8-11-21(25)24-14-12-19(16-24)23-18-4-2-1-3-5-18/h1-11,19,23H,12,14-16H2/b11-8+/t19-/m0/s1. The van der Waals surface area contributed by atoms with Gasteiger partial charge in [-0.3, -0.25) is 4.79 Å². The highest BCUT2D eigenvalue weighted by Crippen LogP contribution is 2.17. The monoisotopic (exact) mass is 347 g/mol. The summed E-state index contributed by atoms with van der Waals surface area (Å²) < 4.78 is 5.21. The molecule has 5 heteroatoms. The number of carbonyl (C=O) groups excluding carboxylic acids is 1. The number of para-hydroxylation sites is 1. The van der Waals surface area contributed by atoms with Gasteiger partial charge in [-0.25, -0.2) is 0 Å². The van der Waals surface area contributed by atoms with Crippen LogP contribution in [0.25, 0.3) is 6.08 Å². The number of nitriles is 1. The molecule has 1 saturated heterocycles. The molecule has 1 N–H and O–H groups in total. The summed E-state index contributed by atoms with van der Waals surface area (Å²) in [6, 6.07) is 19.6. The Morgan fingerprint density at radius 2 is 2.00 bits per heavy atom. The summed E-state index contributed by atoms with van der Waals surface area (Å²) in [4.78, 5) is 14.2. The van der Waals surface area contributed by atoms with Crippen LogP contribution in [0.5, 0.6) is 5.75 Å². The van der Waals surface area contributed by atoms with Gasteiger partial charge in [0.05, 0.1) is 0 Å². The Balaban J connectivity index is 1.50. The molecule has 1 fully saturated rings. The van der Waals surface area contributed by atoms with Gasteiger partial charge in [0.2, 0.25) is 5.91 Å². The van der Waals surface area contributed by atoms with Crippen LogP contribution in [-0.2, 0) is 4.79 Å². The molecule has 132 valence electrons. The molecule has 5 nitrogen and oxygen atoms in total. The van der Waals surface area contributed by atoms with Crippen molar-refractivity contribution in [1.82, 2.24) is 4.90 Å². The maximum absolute atomic E-state index is 12.4. The van der Waals surface area contributed by atoms with E-state index in [2.05, 4.69) is 5.32 Å². The van der Waals surface area contributed by atoms with Gasteiger partial charge in [0.1, 0.15) is 11.8 Å². The lowest BCUT2D eigenvalue weighted by atomic mass is 10.2. The zero-order chi connectivity index (χ0) is 18.2. The lowest BCUT2D eigenvalue weighted by Crippen LogP contribution is -2.30. The first-order chi connectivity index (χ1) is 12.7. The van der Waals surface area contributed by atoms with Crippen molar-refractivity contribution in [3.8, 4) is 11.8 Å². The van der Waals surface area contributed by atoms with Crippen LogP contribution in [0.4, 0.5) is 5.69 Å². The molecule has 0 radical (unpaired) electrons. The summed E-state index contributed by atoms with van der Waals surface area (Å²) in [5.74, 6) is 0.663. The van der Waals surface area contributed by atoms with Crippen LogP contribution >= 0.6 is 0 Å². The smallest absolute Gasteiger partial charge is 0.246 e. The van der Waals surface area contributed by atoms with Gasteiger partial charge in [-0.15, -0.1) is 0 Å². The first kappa shape index (κ1) is 17.6. The maximum Gasteiger partial charge on any atom is 0.246 e. The minimum absolute atomic E-state index is 0.0205. The Hall–Kier alpha value is -3.26. The third-order valence-electron chi connectivity index (χ3n) is 4.25. The molecule has 0 unspecified atom stereocenters. The van der Waals surface area contributed by atoms with E-state index >= 15 is 0 Å². The number of nitrogens with zero attached hydrogens (tertiary/aromatic N) is 2. The van der Waals surface area contributed by atoms with Crippen molar-refractivity contribution in [2.24, 2.45) is 0 Å². The molecule has 1 atom stereocenters. The van der Waals surface area contributed by atoms with Crippen LogP contribution in [-0.4, -0.2) is 36.5 Å². The molecule has 0 bridgehead atoms. The average Bonchev–Trinajstić information content (AvgIpc) is 3.14. The van der Waals surface area contributed by atoms with E-state index in [-0.39, 0.29) is 18.6 Å². The largest absolute Gasteiger partial charge is 0.479 e. The van der Waals surface area contributed by atoms with Crippen molar-refractivity contribution >= 4 is 17.7 Å². The van der Waals surface area contributed by atoms with E-state index in [4.69, 9.17) is 10.00 Å². The predicted octanol–water partition coefficient (Wildman–Crippen LogP) is 3.32. The number of hydrogen-bond donors (Lipinski definition) is 1. The van der Waals surface area contributed by atoms with Crippen molar-refractivity contribution < 1.29 is 9.53 Å². The number of rotatable bonds is 6. The fraction of sp³-hybridized carbons (Fsp3) is 0.238. The molecule has 1 heterocycles. The SMILES string of the molecule is N#CCOc1ccc(/C=C/C(=O)N2CC[C@H](Nc3ccccc3)C2)cc1. The minimum Gasteiger partial charge on any atom is -0.479 e. The van der Waals surface area contributed by atoms with E-state index in [1.54, 1.807) is 24.3 Å². The Morgan fingerprint density at radius 1 is 1.23 bits per heavy atom. The molecule has 0 spiro atoms. The van der Waals surface area contributed by atoms with Gasteiger partial charge < -0.3 is 15.0 Å². The average molecular weight is 347 g/mol. The van der Waals surface area contributed by atoms with Crippen molar-refractivity contribution in [2.45, 2.75) is 12.5 Å². The van der Waals surface area contributed by atoms with Gasteiger partial charge in [0.25, 0.3) is 0 Å². The van der Waals surface area contributed by atoms with Gasteiger partial charge in [-0.05, 0) is 42.3 Å². The fourth-order valence-electron chi connectivity index (χ4n) is 2.91. The second-order valence-electron chi connectivity index (χ2n) is 6.13. The lowest BCUT2D eigenvalue weighted by Gasteiger charge is -2.16. The molecule has 1 aliphatic rings. The molecule has 26 heavy (non-hydrogen) atoms. The summed E-state index contributed by atoms with van der Waals surface area (Å²) in [5, 5.41) is 12.0. The molecule has 0 aliphatic carbocycles. The summed E-state index contributed by atoms with van der Waals surface area (Å²) in [5.41, 5.74) is 2.00. The van der Waals surface area contributed by atoms with Crippen LogP contribution in [0.3, 0.4) is 0 Å². The molecule has 3 rings (SSSR count). The van der Waals surface area contributed by atoms with Crippen molar-refractivity contribution in [2.75, 3.05) is 25.0 Å². The first-order valence-corrected chi connectivity index (χ1v) is 8.63. The summed E-state index contributed by atoms with van der Waals surface area (Å²) in [6.45, 7) is 1.49. The summed E-state index contributed by atoms with van der Waals surface area (Å²) in [6.07, 6.45) is 4.35. The molecular weight excluding hydrogens is 326 g/mol. The lowest BCUT2D eigenvalue weighted by molar-refractivity contribution is -0.124. The van der Waals surface area contributed by atoms with E-state index in [0.29, 0.717) is 12.3 Å². The highest BCUT2D eigenvalue weighted by Gasteiger charge is 2.24. The predicted molar refractivity (Wildman–Crippen MR) is 102 cm³/mol. The van der Waals surface area contributed by atoms with Crippen LogP contribution in [0.1, 0.15) is 12.0 Å². The Kier molecular flexibility index (Phi) is 5.89. The first-order valence-electron chi connectivity index (χ1n) is 8.63. The van der Waals surface area contributed by atoms with Crippen LogP contribution in [0.2, 0.25) is 0 Å². The van der Waals surface area contributed by atoms with Gasteiger partial charge in [0, 0.05) is 30.9 Å². The van der Waals surface area contributed by atoms with Gasteiger partial charge >= 0.3 is 0 Å². The van der Waals surface area contributed by atoms with Crippen LogP contribution < -0.4 is 10.1 Å². The third-order valence-corrected chi connectivity index (χ3v) is 4.25. The second kappa shape index (κ2) is 8.72. The topological polar surface area (TPSA) is 65.4 Å². The number of amides is 1. The number of ether oxygens (including phenoxy) is 1. The van der Waals surface area contributed by atoms with Crippen LogP contribution in [0, 0.1) is 11.3 Å². The summed E-state index contributed by atoms with van der Waals surface area (Å²) >= 11 is 0. The van der Waals surface area contributed by atoms with Gasteiger partial charge in [-0.2, -0.15) is 5.26 Å². The van der Waals surface area contributed by atoms with E-state index in [9.17, 15) is 4.79 Å². The van der Waals surface area contributed by atoms with Crippen molar-refractivity contribution in [1.29, 1.82) is 5.26 Å². The minimum atomic E-state index is 0.0205. The quantitative estimate of drug-likeness (QED) is 0.814. The normalized spacial score (nSPS) is 16.4. The number of nitrogens with one attached hydrogen (secondary N) is 1. The van der Waals surface area contributed by atoms with Crippen molar-refractivity contribution in [3.05, 3.63) is 66.2 Å². The van der Waals surface area contributed by atoms with E-state index in [0.717, 1.165) is 24.2 Å². The van der Waals surface area contributed by atoms with E-state index < -0.39 is 0 Å². The number of hydrogen-bond acceptors (Lipinski definition) is 4. The molecule has 2 aromatic carbocycles. The number of benzene rings is 2. The second-order valence-corrected chi connectivity index (χ2v) is 6.13. The molecule has 0 aromatic heterocycles. The summed E-state index contributed by atoms with van der Waals surface area (Å²) in [7, 11) is 0. The van der Waals surface area contributed by atoms with E-state index in [1.165, 1.54) is 0 Å². The number of carbonyl (C=O) groups is 1. The molecule has 0 saturated carbocycles. The zero-order valence-corrected chi connectivity index (χ0v) is 14.5. The maximum atomic E-state index is 12.4. The third kappa shape index (κ3) is 4.87. The molecule has 1 amide bonds. The van der Waals surface area contributed by atoms with Crippen molar-refractivity contribution in [3.63, 3.8) is 0 Å². The Morgan fingerprint density at radius 3 is 2.73 bits per heavy atom. The highest BCUT2D eigenvalue weighted by atomic mass is 16.5. The number of likely N-dealkylation sites (tertiary alicyclic amines) is 1. The Bertz CT molecular complexity index is 794. The fourth-order valence-corrected chi connectivity index (χ4v) is 2.91. The molecule has 1 aliphatic heterocycles. The molecule has 2 aromatic rings. The van der Waals surface area contributed by atoms with Crippen LogP contribution in [0.15, 0.2) is 60.7 Å². The highest BCUT2D eigenvalue weighted by molar-refractivity contribution is 5.92. The van der Waals surface area contributed by atoms with Gasteiger partial charge in [-0.1, -0.05) is 30.3 Å². The van der Waals surface area contributed by atoms with E-state index in [1.807, 2.05) is 53.4 Å². The molecular formula is C21H21N3O2. The Labute approximate surface area is 153 Å². The van der Waals surface area contributed by atoms with Gasteiger partial charge in [0.15, 0.2) is 6.61 Å². The number of anilines is 1. The zero-order valence-electron chi connectivity index (χ0n) is 14.5.